The van der Waals surface area contributed by atoms with Gasteiger partial charge in [0.15, 0.2) is 0 Å². The van der Waals surface area contributed by atoms with Crippen LogP contribution in [0.4, 0.5) is 5.69 Å². The summed E-state index contributed by atoms with van der Waals surface area (Å²) in [6.07, 6.45) is 3.82. The van der Waals surface area contributed by atoms with Gasteiger partial charge < -0.3 is 10.2 Å². The van der Waals surface area contributed by atoms with Crippen LogP contribution < -0.4 is 5.32 Å². The van der Waals surface area contributed by atoms with E-state index in [1.165, 1.54) is 22.3 Å². The van der Waals surface area contributed by atoms with Crippen LogP contribution in [0.1, 0.15) is 24.0 Å². The van der Waals surface area contributed by atoms with Gasteiger partial charge in [-0.3, -0.25) is 9.59 Å². The normalized spacial score (nSPS) is 10.9. The number of carbonyl (C=O) groups is 2. The molecule has 2 amide bonds. The molecule has 1 N–H and O–H groups in total. The Morgan fingerprint density at radius 3 is 2.77 bits per heavy atom. The molecule has 0 unspecified atom stereocenters. The van der Waals surface area contributed by atoms with E-state index in [0.29, 0.717) is 22.3 Å². The Kier molecular flexibility index (Phi) is 7.63. The summed E-state index contributed by atoms with van der Waals surface area (Å²) >= 11 is 13.5. The third kappa shape index (κ3) is 6.12. The Labute approximate surface area is 166 Å². The quantitative estimate of drug-likeness (QED) is 0.674. The van der Waals surface area contributed by atoms with Gasteiger partial charge in [-0.15, -0.1) is 11.3 Å². The molecule has 2 aromatic rings. The minimum atomic E-state index is -0.339. The molecule has 0 aliphatic rings. The second-order valence-corrected chi connectivity index (χ2v) is 7.46. The third-order valence-corrected chi connectivity index (χ3v) is 4.73. The number of aromatic nitrogens is 1. The molecule has 0 aliphatic carbocycles. The number of amides is 2. The number of benzene rings is 1. The monoisotopic (exact) mass is 411 g/mol. The molecule has 0 fully saturated rings. The van der Waals surface area contributed by atoms with Crippen LogP contribution in [0.5, 0.6) is 0 Å². The largest absolute Gasteiger partial charge is 0.330 e. The lowest BCUT2D eigenvalue weighted by atomic mass is 10.3. The van der Waals surface area contributed by atoms with Gasteiger partial charge in [-0.1, -0.05) is 30.1 Å². The van der Waals surface area contributed by atoms with Crippen molar-refractivity contribution < 1.29 is 9.59 Å². The number of rotatable bonds is 7. The van der Waals surface area contributed by atoms with Crippen molar-refractivity contribution in [2.45, 2.75) is 20.3 Å². The van der Waals surface area contributed by atoms with E-state index in [-0.39, 0.29) is 18.4 Å². The Hall–Kier alpha value is -1.89. The molecule has 0 spiro atoms. The van der Waals surface area contributed by atoms with Crippen molar-refractivity contribution in [2.24, 2.45) is 0 Å². The maximum absolute atomic E-state index is 12.4. The van der Waals surface area contributed by atoms with Crippen molar-refractivity contribution in [3.8, 4) is 0 Å². The highest BCUT2D eigenvalue weighted by Gasteiger charge is 2.15. The van der Waals surface area contributed by atoms with Gasteiger partial charge in [0.1, 0.15) is 6.54 Å². The summed E-state index contributed by atoms with van der Waals surface area (Å²) in [5.41, 5.74) is 1.15. The predicted octanol–water partition coefficient (Wildman–Crippen LogP) is 4.65. The zero-order valence-electron chi connectivity index (χ0n) is 14.5. The summed E-state index contributed by atoms with van der Waals surface area (Å²) in [4.78, 5) is 30.5. The fourth-order valence-corrected chi connectivity index (χ4v) is 3.13. The van der Waals surface area contributed by atoms with Gasteiger partial charge in [-0.2, -0.15) is 0 Å². The standard InChI is InChI=1S/C18H19Cl2N3O2S/c1-3-8-23(18(25)7-5-14-11-26-12(2)21-14)10-17(24)22-16-9-13(19)4-6-15(16)20/h4-7,9,11H,3,8,10H2,1-2H3,(H,22,24)/b7-5+. The van der Waals surface area contributed by atoms with E-state index in [0.717, 1.165) is 17.1 Å². The van der Waals surface area contributed by atoms with Crippen LogP contribution in [0, 0.1) is 6.92 Å². The van der Waals surface area contributed by atoms with Crippen molar-refractivity contribution in [3.63, 3.8) is 0 Å². The highest BCUT2D eigenvalue weighted by Crippen LogP contribution is 2.25. The van der Waals surface area contributed by atoms with E-state index in [2.05, 4.69) is 10.3 Å². The number of hydrogen-bond donors (Lipinski definition) is 1. The van der Waals surface area contributed by atoms with Gasteiger partial charge in [0, 0.05) is 23.0 Å². The molecule has 0 atom stereocenters. The lowest BCUT2D eigenvalue weighted by Crippen LogP contribution is -2.37. The van der Waals surface area contributed by atoms with Gasteiger partial charge in [0.05, 0.1) is 21.4 Å². The Bertz CT molecular complexity index is 821. The molecular formula is C18H19Cl2N3O2S. The van der Waals surface area contributed by atoms with E-state index in [1.807, 2.05) is 19.2 Å². The molecule has 0 bridgehead atoms. The number of hydrogen-bond acceptors (Lipinski definition) is 4. The molecule has 0 saturated carbocycles. The van der Waals surface area contributed by atoms with Crippen LogP contribution in [-0.4, -0.2) is 34.8 Å². The SMILES string of the molecule is CCCN(CC(=O)Nc1cc(Cl)ccc1Cl)C(=O)/C=C/c1csc(C)n1. The first-order valence-electron chi connectivity index (χ1n) is 8.03. The molecule has 1 aromatic carbocycles. The van der Waals surface area contributed by atoms with Crippen LogP contribution >= 0.6 is 34.5 Å². The lowest BCUT2D eigenvalue weighted by molar-refractivity contribution is -0.130. The van der Waals surface area contributed by atoms with Gasteiger partial charge in [-0.05, 0) is 37.6 Å². The summed E-state index contributed by atoms with van der Waals surface area (Å²) in [7, 11) is 0. The fourth-order valence-electron chi connectivity index (χ4n) is 2.21. The summed E-state index contributed by atoms with van der Waals surface area (Å²) in [6, 6.07) is 4.81. The average Bonchev–Trinajstić information content (AvgIpc) is 3.01. The van der Waals surface area contributed by atoms with Gasteiger partial charge in [0.2, 0.25) is 11.8 Å². The fraction of sp³-hybridized carbons (Fsp3) is 0.278. The Morgan fingerprint density at radius 2 is 2.12 bits per heavy atom. The number of carbonyl (C=O) groups excluding carboxylic acids is 2. The summed E-state index contributed by atoms with van der Waals surface area (Å²) in [5.74, 6) is -0.585. The highest BCUT2D eigenvalue weighted by molar-refractivity contribution is 7.09. The second-order valence-electron chi connectivity index (χ2n) is 5.56. The lowest BCUT2D eigenvalue weighted by Gasteiger charge is -2.20. The number of aryl methyl sites for hydroxylation is 1. The molecule has 26 heavy (non-hydrogen) atoms. The Balaban J connectivity index is 2.01. The summed E-state index contributed by atoms with van der Waals surface area (Å²) in [6.45, 7) is 4.24. The first-order chi connectivity index (χ1) is 12.4. The maximum atomic E-state index is 12.4. The van der Waals surface area contributed by atoms with E-state index in [1.54, 1.807) is 24.3 Å². The first-order valence-corrected chi connectivity index (χ1v) is 9.66. The molecule has 0 radical (unpaired) electrons. The minimum Gasteiger partial charge on any atom is -0.330 e. The smallest absolute Gasteiger partial charge is 0.247 e. The van der Waals surface area contributed by atoms with Crippen LogP contribution in [0.3, 0.4) is 0 Å². The molecule has 138 valence electrons. The third-order valence-electron chi connectivity index (χ3n) is 3.38. The molecule has 8 heteroatoms. The molecule has 2 rings (SSSR count). The minimum absolute atomic E-state index is 0.0735. The molecule has 1 aromatic heterocycles. The van der Waals surface area contributed by atoms with E-state index in [4.69, 9.17) is 23.2 Å². The summed E-state index contributed by atoms with van der Waals surface area (Å²) in [5, 5.41) is 6.34. The number of anilines is 1. The second kappa shape index (κ2) is 9.71. The van der Waals surface area contributed by atoms with Crippen LogP contribution in [0.25, 0.3) is 6.08 Å². The van der Waals surface area contributed by atoms with Gasteiger partial charge >= 0.3 is 0 Å². The Morgan fingerprint density at radius 1 is 1.35 bits per heavy atom. The number of nitrogens with zero attached hydrogens (tertiary/aromatic N) is 2. The molecule has 0 aliphatic heterocycles. The molecular weight excluding hydrogens is 393 g/mol. The summed E-state index contributed by atoms with van der Waals surface area (Å²) < 4.78 is 0. The molecule has 5 nitrogen and oxygen atoms in total. The highest BCUT2D eigenvalue weighted by atomic mass is 35.5. The van der Waals surface area contributed by atoms with E-state index >= 15 is 0 Å². The van der Waals surface area contributed by atoms with Crippen molar-refractivity contribution >= 4 is 58.1 Å². The topological polar surface area (TPSA) is 62.3 Å². The zero-order valence-corrected chi connectivity index (χ0v) is 16.8. The van der Waals surface area contributed by atoms with E-state index < -0.39 is 0 Å². The van der Waals surface area contributed by atoms with Crippen LogP contribution in [-0.2, 0) is 9.59 Å². The molecule has 0 saturated heterocycles. The number of halogens is 2. The van der Waals surface area contributed by atoms with Gasteiger partial charge in [0.25, 0.3) is 0 Å². The van der Waals surface area contributed by atoms with E-state index in [9.17, 15) is 9.59 Å². The van der Waals surface area contributed by atoms with Crippen LogP contribution in [0.15, 0.2) is 29.7 Å². The number of nitrogens with one attached hydrogen (secondary N) is 1. The van der Waals surface area contributed by atoms with Gasteiger partial charge in [-0.25, -0.2) is 4.98 Å². The van der Waals surface area contributed by atoms with Crippen molar-refractivity contribution in [3.05, 3.63) is 50.4 Å². The zero-order chi connectivity index (χ0) is 19.1. The number of thiazole rings is 1. The maximum Gasteiger partial charge on any atom is 0.247 e. The first kappa shape index (κ1) is 20.4. The van der Waals surface area contributed by atoms with Crippen molar-refractivity contribution in [1.82, 2.24) is 9.88 Å². The molecule has 1 heterocycles. The van der Waals surface area contributed by atoms with Crippen molar-refractivity contribution in [1.29, 1.82) is 0 Å². The van der Waals surface area contributed by atoms with Crippen LogP contribution in [0.2, 0.25) is 10.0 Å². The average molecular weight is 412 g/mol. The van der Waals surface area contributed by atoms with Crippen molar-refractivity contribution in [2.75, 3.05) is 18.4 Å². The predicted molar refractivity (Wildman–Crippen MR) is 108 cm³/mol.